The van der Waals surface area contributed by atoms with Gasteiger partial charge in [-0.3, -0.25) is 4.79 Å². The highest BCUT2D eigenvalue weighted by atomic mass is 16.5. The summed E-state index contributed by atoms with van der Waals surface area (Å²) in [4.78, 5) is 12.5. The van der Waals surface area contributed by atoms with Gasteiger partial charge in [-0.1, -0.05) is 18.6 Å². The minimum absolute atomic E-state index is 0.0618. The molecular formula is C20H30N2O3. The summed E-state index contributed by atoms with van der Waals surface area (Å²) in [5.74, 6) is 1.36. The number of hydrogen-bond donors (Lipinski definition) is 2. The van der Waals surface area contributed by atoms with Crippen LogP contribution in [0.3, 0.4) is 0 Å². The number of amides is 1. The summed E-state index contributed by atoms with van der Waals surface area (Å²) < 4.78 is 11.6. The third-order valence-electron chi connectivity index (χ3n) is 5.42. The summed E-state index contributed by atoms with van der Waals surface area (Å²) >= 11 is 0. The van der Waals surface area contributed by atoms with E-state index in [1.54, 1.807) is 0 Å². The zero-order chi connectivity index (χ0) is 17.6. The molecule has 1 unspecified atom stereocenters. The molecule has 3 rings (SSSR count). The number of rotatable bonds is 7. The van der Waals surface area contributed by atoms with E-state index in [2.05, 4.69) is 11.4 Å². The second-order valence-electron chi connectivity index (χ2n) is 7.31. The molecule has 2 fully saturated rings. The first-order valence-corrected chi connectivity index (χ1v) is 9.49. The quantitative estimate of drug-likeness (QED) is 0.796. The maximum absolute atomic E-state index is 12.5. The van der Waals surface area contributed by atoms with Crippen molar-refractivity contribution in [3.63, 3.8) is 0 Å². The lowest BCUT2D eigenvalue weighted by Gasteiger charge is -2.19. The van der Waals surface area contributed by atoms with E-state index in [1.807, 2.05) is 19.1 Å². The average Bonchev–Trinajstić information content (AvgIpc) is 3.30. The van der Waals surface area contributed by atoms with E-state index in [1.165, 1.54) is 0 Å². The first kappa shape index (κ1) is 18.2. The predicted molar refractivity (Wildman–Crippen MR) is 97.4 cm³/mol. The number of aryl methyl sites for hydroxylation is 1. The highest BCUT2D eigenvalue weighted by Gasteiger charge is 2.31. The van der Waals surface area contributed by atoms with Gasteiger partial charge in [0.05, 0.1) is 6.10 Å². The summed E-state index contributed by atoms with van der Waals surface area (Å²) in [6.07, 6.45) is 5.46. The van der Waals surface area contributed by atoms with Gasteiger partial charge in [-0.15, -0.1) is 0 Å². The molecule has 3 N–H and O–H groups in total. The number of hydrogen-bond acceptors (Lipinski definition) is 4. The third-order valence-corrected chi connectivity index (χ3v) is 5.42. The van der Waals surface area contributed by atoms with Crippen LogP contribution in [0.5, 0.6) is 5.75 Å². The molecule has 3 atom stereocenters. The zero-order valence-corrected chi connectivity index (χ0v) is 15.1. The lowest BCUT2D eigenvalue weighted by molar-refractivity contribution is -0.126. The number of nitrogens with two attached hydrogens (primary N) is 1. The number of carbonyl (C=O) groups excluding carboxylic acids is 1. The molecule has 0 spiro atoms. The molecule has 5 nitrogen and oxygen atoms in total. The lowest BCUT2D eigenvalue weighted by atomic mass is 9.95. The molecule has 138 valence electrons. The molecule has 1 saturated heterocycles. The van der Waals surface area contributed by atoms with Crippen molar-refractivity contribution in [1.82, 2.24) is 5.32 Å². The first-order chi connectivity index (χ1) is 12.2. The Morgan fingerprint density at radius 3 is 2.96 bits per heavy atom. The molecule has 25 heavy (non-hydrogen) atoms. The molecule has 0 aromatic heterocycles. The molecule has 2 aliphatic rings. The van der Waals surface area contributed by atoms with E-state index in [0.29, 0.717) is 25.6 Å². The SMILES string of the molecule is Cc1ccc(CNC(=O)[C@@H]2CCC[C@@H]2CN)c(OCC2CCCO2)c1. The average molecular weight is 346 g/mol. The lowest BCUT2D eigenvalue weighted by Crippen LogP contribution is -2.34. The highest BCUT2D eigenvalue weighted by Crippen LogP contribution is 2.31. The third kappa shape index (κ3) is 4.73. The van der Waals surface area contributed by atoms with Crippen molar-refractivity contribution in [3.8, 4) is 5.75 Å². The Morgan fingerprint density at radius 2 is 2.20 bits per heavy atom. The van der Waals surface area contributed by atoms with Crippen LogP contribution in [0.25, 0.3) is 0 Å². The van der Waals surface area contributed by atoms with Crippen molar-refractivity contribution in [3.05, 3.63) is 29.3 Å². The number of nitrogens with one attached hydrogen (secondary N) is 1. The fourth-order valence-corrected chi connectivity index (χ4v) is 3.88. The van der Waals surface area contributed by atoms with Gasteiger partial charge in [0, 0.05) is 24.6 Å². The summed E-state index contributed by atoms with van der Waals surface area (Å²) in [7, 11) is 0. The number of benzene rings is 1. The molecule has 1 aromatic carbocycles. The van der Waals surface area contributed by atoms with Crippen molar-refractivity contribution in [2.24, 2.45) is 17.6 Å². The molecule has 1 aliphatic carbocycles. The molecule has 5 heteroatoms. The van der Waals surface area contributed by atoms with Crippen LogP contribution in [-0.2, 0) is 16.1 Å². The highest BCUT2D eigenvalue weighted by molar-refractivity contribution is 5.79. The van der Waals surface area contributed by atoms with E-state index in [0.717, 1.165) is 55.6 Å². The van der Waals surface area contributed by atoms with E-state index in [-0.39, 0.29) is 17.9 Å². The summed E-state index contributed by atoms with van der Waals surface area (Å²) in [6, 6.07) is 6.13. The van der Waals surface area contributed by atoms with Crippen LogP contribution in [-0.4, -0.2) is 31.8 Å². The van der Waals surface area contributed by atoms with Gasteiger partial charge < -0.3 is 20.5 Å². The largest absolute Gasteiger partial charge is 0.491 e. The first-order valence-electron chi connectivity index (χ1n) is 9.49. The molecule has 0 radical (unpaired) electrons. The summed E-state index contributed by atoms with van der Waals surface area (Å²) in [6.45, 7) is 4.54. The maximum atomic E-state index is 12.5. The van der Waals surface area contributed by atoms with E-state index in [9.17, 15) is 4.79 Å². The minimum atomic E-state index is 0.0618. The Balaban J connectivity index is 1.58. The van der Waals surface area contributed by atoms with Crippen molar-refractivity contribution in [2.45, 2.75) is 51.7 Å². The Labute approximate surface area is 150 Å². The van der Waals surface area contributed by atoms with Crippen molar-refractivity contribution in [2.75, 3.05) is 19.8 Å². The number of carbonyl (C=O) groups is 1. The molecular weight excluding hydrogens is 316 g/mol. The maximum Gasteiger partial charge on any atom is 0.223 e. The summed E-state index contributed by atoms with van der Waals surface area (Å²) in [5, 5.41) is 3.09. The van der Waals surface area contributed by atoms with Crippen molar-refractivity contribution in [1.29, 1.82) is 0 Å². The predicted octanol–water partition coefficient (Wildman–Crippen LogP) is 2.54. The Bertz CT molecular complexity index is 584. The zero-order valence-electron chi connectivity index (χ0n) is 15.1. The molecule has 1 aromatic rings. The van der Waals surface area contributed by atoms with Gasteiger partial charge in [-0.2, -0.15) is 0 Å². The van der Waals surface area contributed by atoms with Crippen molar-refractivity contribution >= 4 is 5.91 Å². The van der Waals surface area contributed by atoms with Gasteiger partial charge in [-0.25, -0.2) is 0 Å². The van der Waals surface area contributed by atoms with Crippen molar-refractivity contribution < 1.29 is 14.3 Å². The van der Waals surface area contributed by atoms with Crippen LogP contribution < -0.4 is 15.8 Å². The fourth-order valence-electron chi connectivity index (χ4n) is 3.88. The van der Waals surface area contributed by atoms with Crippen LogP contribution in [0.15, 0.2) is 18.2 Å². The minimum Gasteiger partial charge on any atom is -0.491 e. The van der Waals surface area contributed by atoms with Gasteiger partial charge in [0.25, 0.3) is 0 Å². The fraction of sp³-hybridized carbons (Fsp3) is 0.650. The van der Waals surface area contributed by atoms with Crippen LogP contribution in [0.4, 0.5) is 0 Å². The second kappa shape index (κ2) is 8.68. The van der Waals surface area contributed by atoms with Gasteiger partial charge in [-0.05, 0) is 56.7 Å². The van der Waals surface area contributed by atoms with Gasteiger partial charge in [0.2, 0.25) is 5.91 Å². The molecule has 1 saturated carbocycles. The monoisotopic (exact) mass is 346 g/mol. The smallest absolute Gasteiger partial charge is 0.223 e. The Morgan fingerprint density at radius 1 is 1.32 bits per heavy atom. The normalized spacial score (nSPS) is 25.9. The van der Waals surface area contributed by atoms with Gasteiger partial charge in [0.15, 0.2) is 0 Å². The Hall–Kier alpha value is -1.59. The van der Waals surface area contributed by atoms with Crippen LogP contribution in [0, 0.1) is 18.8 Å². The standard InChI is InChI=1S/C20H30N2O3/c1-14-7-8-16(19(10-14)25-13-17-5-3-9-24-17)12-22-20(23)18-6-2-4-15(18)11-21/h7-8,10,15,17-18H,2-6,9,11-13,21H2,1H3,(H,22,23)/t15-,17?,18-/m1/s1. The van der Waals surface area contributed by atoms with E-state index < -0.39 is 0 Å². The van der Waals surface area contributed by atoms with Gasteiger partial charge >= 0.3 is 0 Å². The Kier molecular flexibility index (Phi) is 6.32. The second-order valence-corrected chi connectivity index (χ2v) is 7.31. The number of ether oxygens (including phenoxy) is 2. The molecule has 1 heterocycles. The molecule has 1 aliphatic heterocycles. The molecule has 1 amide bonds. The van der Waals surface area contributed by atoms with Gasteiger partial charge in [0.1, 0.15) is 12.4 Å². The van der Waals surface area contributed by atoms with Crippen LogP contribution in [0.1, 0.15) is 43.2 Å². The topological polar surface area (TPSA) is 73.6 Å². The summed E-state index contributed by atoms with van der Waals surface area (Å²) in [5.41, 5.74) is 7.96. The van der Waals surface area contributed by atoms with Crippen LogP contribution in [0.2, 0.25) is 0 Å². The van der Waals surface area contributed by atoms with E-state index >= 15 is 0 Å². The van der Waals surface area contributed by atoms with E-state index in [4.69, 9.17) is 15.2 Å². The van der Waals surface area contributed by atoms with Crippen LogP contribution >= 0.6 is 0 Å². The molecule has 0 bridgehead atoms.